The molecule has 23 heavy (non-hydrogen) atoms. The summed E-state index contributed by atoms with van der Waals surface area (Å²) in [5.41, 5.74) is 0.284. The number of nitrogens with one attached hydrogen (secondary N) is 1. The molecule has 0 unspecified atom stereocenters. The van der Waals surface area contributed by atoms with Gasteiger partial charge in [0.25, 0.3) is 11.5 Å². The number of carbonyl (C=O) groups is 1. The number of benzene rings is 1. The van der Waals surface area contributed by atoms with Gasteiger partial charge in [0.1, 0.15) is 5.69 Å². The number of hydrogen-bond acceptors (Lipinski definition) is 6. The number of anilines is 1. The maximum absolute atomic E-state index is 12.3. The van der Waals surface area contributed by atoms with Gasteiger partial charge in [-0.05, 0) is 18.2 Å². The van der Waals surface area contributed by atoms with Crippen LogP contribution in [-0.2, 0) is 6.54 Å². The number of ether oxygens (including phenoxy) is 2. The van der Waals surface area contributed by atoms with Crippen molar-refractivity contribution >= 4 is 23.4 Å². The smallest absolute Gasteiger partial charge is 0.277 e. The molecular weight excluding hydrogens is 318 g/mol. The Balaban J connectivity index is 1.87. The van der Waals surface area contributed by atoms with Gasteiger partial charge in [-0.3, -0.25) is 14.2 Å². The van der Waals surface area contributed by atoms with Gasteiger partial charge in [-0.1, -0.05) is 11.8 Å². The van der Waals surface area contributed by atoms with Gasteiger partial charge < -0.3 is 14.8 Å². The number of nitrogens with zero attached hydrogens (tertiary/aromatic N) is 2. The quantitative estimate of drug-likeness (QED) is 0.856. The average molecular weight is 333 g/mol. The second-order valence-electron chi connectivity index (χ2n) is 4.78. The van der Waals surface area contributed by atoms with Crippen molar-refractivity contribution in [3.05, 3.63) is 40.3 Å². The molecule has 1 aromatic heterocycles. The summed E-state index contributed by atoms with van der Waals surface area (Å²) in [4.78, 5) is 28.8. The molecule has 2 heterocycles. The number of rotatable bonds is 4. The molecule has 1 aliphatic heterocycles. The Labute approximate surface area is 136 Å². The van der Waals surface area contributed by atoms with Crippen molar-refractivity contribution in [3.63, 3.8) is 0 Å². The largest absolute Gasteiger partial charge is 0.493 e. The second-order valence-corrected chi connectivity index (χ2v) is 5.85. The number of aromatic nitrogens is 2. The van der Waals surface area contributed by atoms with E-state index in [-0.39, 0.29) is 11.2 Å². The zero-order valence-electron chi connectivity index (χ0n) is 12.7. The molecule has 2 aromatic rings. The molecule has 120 valence electrons. The molecule has 0 radical (unpaired) electrons. The minimum absolute atomic E-state index is 0.163. The van der Waals surface area contributed by atoms with Gasteiger partial charge in [0.15, 0.2) is 16.7 Å². The maximum Gasteiger partial charge on any atom is 0.277 e. The van der Waals surface area contributed by atoms with Crippen LogP contribution in [0.1, 0.15) is 10.4 Å². The first-order chi connectivity index (χ1) is 11.1. The van der Waals surface area contributed by atoms with Gasteiger partial charge >= 0.3 is 0 Å². The predicted octanol–water partition coefficient (Wildman–Crippen LogP) is 1.62. The zero-order chi connectivity index (χ0) is 16.4. The fourth-order valence-electron chi connectivity index (χ4n) is 2.28. The van der Waals surface area contributed by atoms with E-state index < -0.39 is 5.91 Å². The first-order valence-corrected chi connectivity index (χ1v) is 7.88. The van der Waals surface area contributed by atoms with Crippen LogP contribution in [0.4, 0.5) is 5.69 Å². The molecule has 1 N–H and O–H groups in total. The van der Waals surface area contributed by atoms with Crippen molar-refractivity contribution in [2.24, 2.45) is 0 Å². The third-order valence-electron chi connectivity index (χ3n) is 3.45. The molecule has 1 amide bonds. The van der Waals surface area contributed by atoms with Crippen LogP contribution in [0.25, 0.3) is 0 Å². The fourth-order valence-corrected chi connectivity index (χ4v) is 3.19. The minimum atomic E-state index is -0.406. The molecule has 1 aromatic carbocycles. The van der Waals surface area contributed by atoms with Gasteiger partial charge in [-0.2, -0.15) is 0 Å². The van der Waals surface area contributed by atoms with E-state index >= 15 is 0 Å². The van der Waals surface area contributed by atoms with E-state index in [1.807, 2.05) is 0 Å². The Morgan fingerprint density at radius 3 is 2.83 bits per heavy atom. The van der Waals surface area contributed by atoms with Crippen molar-refractivity contribution in [2.75, 3.05) is 25.3 Å². The molecular formula is C15H15N3O4S. The van der Waals surface area contributed by atoms with Gasteiger partial charge in [0, 0.05) is 17.9 Å². The molecule has 0 aliphatic carbocycles. The monoisotopic (exact) mass is 333 g/mol. The summed E-state index contributed by atoms with van der Waals surface area (Å²) < 4.78 is 11.9. The van der Waals surface area contributed by atoms with Crippen LogP contribution in [-0.4, -0.2) is 35.4 Å². The van der Waals surface area contributed by atoms with Crippen LogP contribution in [0.3, 0.4) is 0 Å². The lowest BCUT2D eigenvalue weighted by molar-refractivity contribution is 0.102. The van der Waals surface area contributed by atoms with Crippen LogP contribution >= 0.6 is 11.8 Å². The summed E-state index contributed by atoms with van der Waals surface area (Å²) in [6.45, 7) is 0.603. The lowest BCUT2D eigenvalue weighted by Crippen LogP contribution is -2.26. The van der Waals surface area contributed by atoms with E-state index in [9.17, 15) is 9.59 Å². The van der Waals surface area contributed by atoms with Gasteiger partial charge in [0.05, 0.1) is 20.4 Å². The molecule has 0 fully saturated rings. The highest BCUT2D eigenvalue weighted by Gasteiger charge is 2.18. The molecule has 3 rings (SSSR count). The number of fused-ring (bicyclic) bond motifs is 1. The summed E-state index contributed by atoms with van der Waals surface area (Å²) in [5.74, 6) is 1.38. The fraction of sp³-hybridized carbons (Fsp3) is 0.267. The second kappa shape index (κ2) is 6.33. The van der Waals surface area contributed by atoms with Gasteiger partial charge in [-0.15, -0.1) is 0 Å². The third kappa shape index (κ3) is 2.89. The van der Waals surface area contributed by atoms with E-state index in [2.05, 4.69) is 10.3 Å². The zero-order valence-corrected chi connectivity index (χ0v) is 13.5. The summed E-state index contributed by atoms with van der Waals surface area (Å²) in [5, 5.41) is 3.28. The minimum Gasteiger partial charge on any atom is -0.493 e. The molecule has 0 spiro atoms. The first-order valence-electron chi connectivity index (χ1n) is 6.90. The summed E-state index contributed by atoms with van der Waals surface area (Å²) in [6, 6.07) is 4.80. The number of thioether (sulfide) groups is 1. The Hall–Kier alpha value is -2.48. The Morgan fingerprint density at radius 1 is 1.30 bits per heavy atom. The van der Waals surface area contributed by atoms with Crippen molar-refractivity contribution in [2.45, 2.75) is 11.7 Å². The molecule has 0 saturated carbocycles. The van der Waals surface area contributed by atoms with Crippen molar-refractivity contribution in [3.8, 4) is 11.5 Å². The van der Waals surface area contributed by atoms with E-state index in [0.717, 1.165) is 5.75 Å². The number of methoxy groups -OCH3 is 2. The highest BCUT2D eigenvalue weighted by atomic mass is 32.2. The van der Waals surface area contributed by atoms with Gasteiger partial charge in [0.2, 0.25) is 0 Å². The number of hydrogen-bond donors (Lipinski definition) is 1. The van der Waals surface area contributed by atoms with E-state index in [0.29, 0.717) is 28.8 Å². The normalized spacial score (nSPS) is 12.6. The molecule has 1 aliphatic rings. The van der Waals surface area contributed by atoms with Gasteiger partial charge in [-0.25, -0.2) is 4.98 Å². The predicted molar refractivity (Wildman–Crippen MR) is 86.7 cm³/mol. The van der Waals surface area contributed by atoms with Crippen LogP contribution in [0, 0.1) is 0 Å². The summed E-state index contributed by atoms with van der Waals surface area (Å²) >= 11 is 1.52. The summed E-state index contributed by atoms with van der Waals surface area (Å²) in [6.07, 6.45) is 1.39. The average Bonchev–Trinajstić information content (AvgIpc) is 3.06. The molecule has 0 atom stereocenters. The standard InChI is InChI=1S/C15H15N3O4S/c1-21-11-4-3-9(7-12(11)22-2)13(19)17-10-8-16-15-18(14(10)20)5-6-23-15/h3-4,7-8H,5-6H2,1-2H3,(H,17,19). The van der Waals surface area contributed by atoms with E-state index in [4.69, 9.17) is 9.47 Å². The number of amides is 1. The van der Waals surface area contributed by atoms with Crippen LogP contribution in [0.5, 0.6) is 11.5 Å². The SMILES string of the molecule is COc1ccc(C(=O)Nc2cnc3n(c2=O)CCS3)cc1OC. The van der Waals surface area contributed by atoms with Crippen LogP contribution < -0.4 is 20.3 Å². The lowest BCUT2D eigenvalue weighted by atomic mass is 10.2. The van der Waals surface area contributed by atoms with Crippen LogP contribution in [0.2, 0.25) is 0 Å². The molecule has 0 saturated heterocycles. The maximum atomic E-state index is 12.3. The first kappa shape index (κ1) is 15.4. The van der Waals surface area contributed by atoms with Crippen molar-refractivity contribution in [1.82, 2.24) is 9.55 Å². The third-order valence-corrected chi connectivity index (χ3v) is 4.42. The lowest BCUT2D eigenvalue weighted by Gasteiger charge is -2.10. The highest BCUT2D eigenvalue weighted by molar-refractivity contribution is 7.99. The molecule has 7 nitrogen and oxygen atoms in total. The van der Waals surface area contributed by atoms with E-state index in [1.165, 1.54) is 32.2 Å². The Bertz CT molecular complexity index is 819. The van der Waals surface area contributed by atoms with E-state index in [1.54, 1.807) is 22.8 Å². The molecule has 8 heteroatoms. The van der Waals surface area contributed by atoms with Crippen molar-refractivity contribution in [1.29, 1.82) is 0 Å². The van der Waals surface area contributed by atoms with Crippen LogP contribution in [0.15, 0.2) is 34.3 Å². The Kier molecular flexibility index (Phi) is 4.24. The topological polar surface area (TPSA) is 82.5 Å². The highest BCUT2D eigenvalue weighted by Crippen LogP contribution is 2.28. The Morgan fingerprint density at radius 2 is 2.09 bits per heavy atom. The number of carbonyl (C=O) groups excluding carboxylic acids is 1. The molecule has 0 bridgehead atoms. The summed E-state index contributed by atoms with van der Waals surface area (Å²) in [7, 11) is 3.01. The van der Waals surface area contributed by atoms with Crippen molar-refractivity contribution < 1.29 is 14.3 Å².